The molecule has 0 aliphatic heterocycles. The second-order valence-corrected chi connectivity index (χ2v) is 7.87. The van der Waals surface area contributed by atoms with Crippen molar-refractivity contribution >= 4 is 22.0 Å². The lowest BCUT2D eigenvalue weighted by molar-refractivity contribution is 0.0285. The smallest absolute Gasteiger partial charge is 0.410 e. The second kappa shape index (κ2) is 8.45. The first-order chi connectivity index (χ1) is 12.2. The molecule has 1 N–H and O–H groups in total. The number of phenolic OH excluding ortho intramolecular Hbond substituents is 1. The summed E-state index contributed by atoms with van der Waals surface area (Å²) in [7, 11) is 1.71. The van der Waals surface area contributed by atoms with E-state index in [1.54, 1.807) is 31.3 Å². The predicted molar refractivity (Wildman–Crippen MR) is 104 cm³/mol. The first kappa shape index (κ1) is 20.1. The molecule has 0 saturated carbocycles. The fraction of sp³-hybridized carbons (Fsp3) is 0.350. The van der Waals surface area contributed by atoms with Crippen molar-refractivity contribution in [3.8, 4) is 11.5 Å². The Bertz CT molecular complexity index is 771. The zero-order valence-corrected chi connectivity index (χ0v) is 17.0. The van der Waals surface area contributed by atoms with Crippen molar-refractivity contribution in [2.45, 2.75) is 39.5 Å². The Kier molecular flexibility index (Phi) is 6.53. The van der Waals surface area contributed by atoms with Crippen molar-refractivity contribution in [2.24, 2.45) is 0 Å². The van der Waals surface area contributed by atoms with E-state index >= 15 is 0 Å². The summed E-state index contributed by atoms with van der Waals surface area (Å²) in [6.45, 7) is 6.28. The molecule has 0 heterocycles. The molecule has 26 heavy (non-hydrogen) atoms. The summed E-state index contributed by atoms with van der Waals surface area (Å²) in [6.07, 6.45) is -0.361. The van der Waals surface area contributed by atoms with Crippen molar-refractivity contribution < 1.29 is 19.4 Å². The van der Waals surface area contributed by atoms with Gasteiger partial charge in [0.25, 0.3) is 0 Å². The quantitative estimate of drug-likeness (QED) is 0.729. The maximum Gasteiger partial charge on any atom is 0.410 e. The zero-order valence-electron chi connectivity index (χ0n) is 15.5. The molecule has 0 radical (unpaired) electrons. The van der Waals surface area contributed by atoms with Crippen molar-refractivity contribution in [3.05, 3.63) is 58.1 Å². The molecule has 140 valence electrons. The third-order valence-corrected chi connectivity index (χ3v) is 4.23. The second-order valence-electron chi connectivity index (χ2n) is 7.02. The van der Waals surface area contributed by atoms with E-state index in [0.29, 0.717) is 18.9 Å². The number of halogens is 1. The number of carbonyl (C=O) groups is 1. The molecule has 2 aromatic carbocycles. The lowest BCUT2D eigenvalue weighted by atomic mass is 10.1. The van der Waals surface area contributed by atoms with E-state index in [-0.39, 0.29) is 11.8 Å². The molecular formula is C20H24BrNO4. The molecule has 0 aromatic heterocycles. The van der Waals surface area contributed by atoms with Gasteiger partial charge in [-0.25, -0.2) is 4.79 Å². The van der Waals surface area contributed by atoms with Gasteiger partial charge in [-0.05, 0) is 44.5 Å². The van der Waals surface area contributed by atoms with Crippen molar-refractivity contribution in [3.63, 3.8) is 0 Å². The molecule has 0 aliphatic rings. The topological polar surface area (TPSA) is 59.0 Å². The van der Waals surface area contributed by atoms with Crippen LogP contribution in [0.3, 0.4) is 0 Å². The standard InChI is InChI=1S/C20H24BrNO4/c1-20(2,3)26-19(24)22(4)12-14-9-10-15(16(21)11-14)13-25-18-8-6-5-7-17(18)23/h5-11,23H,12-13H2,1-4H3. The first-order valence-electron chi connectivity index (χ1n) is 8.28. The summed E-state index contributed by atoms with van der Waals surface area (Å²) in [4.78, 5) is 13.6. The minimum Gasteiger partial charge on any atom is -0.504 e. The van der Waals surface area contributed by atoms with Crippen LogP contribution in [0.5, 0.6) is 11.5 Å². The van der Waals surface area contributed by atoms with Crippen LogP contribution in [0.4, 0.5) is 4.79 Å². The Balaban J connectivity index is 1.98. The van der Waals surface area contributed by atoms with Gasteiger partial charge in [0.1, 0.15) is 12.2 Å². The zero-order chi connectivity index (χ0) is 19.3. The van der Waals surface area contributed by atoms with E-state index in [1.165, 1.54) is 4.90 Å². The minimum absolute atomic E-state index is 0.110. The van der Waals surface area contributed by atoms with Gasteiger partial charge in [0.2, 0.25) is 0 Å². The van der Waals surface area contributed by atoms with E-state index in [2.05, 4.69) is 15.9 Å². The van der Waals surface area contributed by atoms with Gasteiger partial charge in [0.15, 0.2) is 11.5 Å². The third-order valence-electron chi connectivity index (χ3n) is 3.49. The van der Waals surface area contributed by atoms with Crippen LogP contribution in [0.2, 0.25) is 0 Å². The number of rotatable bonds is 5. The van der Waals surface area contributed by atoms with E-state index in [0.717, 1.165) is 15.6 Å². The highest BCUT2D eigenvalue weighted by molar-refractivity contribution is 9.10. The monoisotopic (exact) mass is 421 g/mol. The molecule has 2 aromatic rings. The Morgan fingerprint density at radius 2 is 1.88 bits per heavy atom. The molecule has 0 spiro atoms. The van der Waals surface area contributed by atoms with Crippen LogP contribution in [0, 0.1) is 0 Å². The van der Waals surface area contributed by atoms with E-state index < -0.39 is 5.60 Å². The van der Waals surface area contributed by atoms with Gasteiger partial charge in [-0.3, -0.25) is 0 Å². The average molecular weight is 422 g/mol. The lowest BCUT2D eigenvalue weighted by Gasteiger charge is -2.24. The fourth-order valence-corrected chi connectivity index (χ4v) is 2.76. The molecule has 1 amide bonds. The van der Waals surface area contributed by atoms with Gasteiger partial charge < -0.3 is 19.5 Å². The molecule has 6 heteroatoms. The van der Waals surface area contributed by atoms with Gasteiger partial charge in [-0.1, -0.05) is 40.2 Å². The van der Waals surface area contributed by atoms with Crippen molar-refractivity contribution in [1.29, 1.82) is 0 Å². The Morgan fingerprint density at radius 1 is 1.19 bits per heavy atom. The molecule has 0 bridgehead atoms. The highest BCUT2D eigenvalue weighted by atomic mass is 79.9. The lowest BCUT2D eigenvalue weighted by Crippen LogP contribution is -2.33. The summed E-state index contributed by atoms with van der Waals surface area (Å²) in [5.74, 6) is 0.548. The number of amides is 1. The van der Waals surface area contributed by atoms with Crippen LogP contribution in [0.1, 0.15) is 31.9 Å². The molecular weight excluding hydrogens is 398 g/mol. The number of ether oxygens (including phenoxy) is 2. The van der Waals surface area contributed by atoms with Crippen LogP contribution >= 0.6 is 15.9 Å². The maximum atomic E-state index is 12.1. The number of nitrogens with zero attached hydrogens (tertiary/aromatic N) is 1. The predicted octanol–water partition coefficient (Wildman–Crippen LogP) is 5.10. The third kappa shape index (κ3) is 5.95. The number of para-hydroxylation sites is 2. The Morgan fingerprint density at radius 3 is 2.50 bits per heavy atom. The number of phenols is 1. The summed E-state index contributed by atoms with van der Waals surface area (Å²) in [5.41, 5.74) is 1.39. The Labute approximate surface area is 162 Å². The fourth-order valence-electron chi connectivity index (χ4n) is 2.22. The van der Waals surface area contributed by atoms with Gasteiger partial charge in [-0.2, -0.15) is 0 Å². The van der Waals surface area contributed by atoms with Gasteiger partial charge in [0.05, 0.1) is 0 Å². The average Bonchev–Trinajstić information content (AvgIpc) is 2.54. The number of benzene rings is 2. The van der Waals surface area contributed by atoms with Gasteiger partial charge >= 0.3 is 6.09 Å². The number of hydrogen-bond donors (Lipinski definition) is 1. The van der Waals surface area contributed by atoms with Crippen LogP contribution in [0.25, 0.3) is 0 Å². The van der Waals surface area contributed by atoms with Crippen LogP contribution in [0.15, 0.2) is 46.9 Å². The summed E-state index contributed by atoms with van der Waals surface area (Å²) >= 11 is 3.54. The molecule has 0 fully saturated rings. The van der Waals surface area contributed by atoms with Gasteiger partial charge in [0, 0.05) is 23.6 Å². The van der Waals surface area contributed by atoms with E-state index in [9.17, 15) is 9.90 Å². The molecule has 0 atom stereocenters. The van der Waals surface area contributed by atoms with Crippen LogP contribution < -0.4 is 4.74 Å². The Hall–Kier alpha value is -2.21. The van der Waals surface area contributed by atoms with Crippen molar-refractivity contribution in [2.75, 3.05) is 7.05 Å². The number of hydrogen-bond acceptors (Lipinski definition) is 4. The molecule has 0 unspecified atom stereocenters. The van der Waals surface area contributed by atoms with Crippen LogP contribution in [-0.2, 0) is 17.9 Å². The van der Waals surface area contributed by atoms with Crippen LogP contribution in [-0.4, -0.2) is 28.7 Å². The summed E-state index contributed by atoms with van der Waals surface area (Å²) < 4.78 is 11.9. The number of aromatic hydroxyl groups is 1. The van der Waals surface area contributed by atoms with Crippen molar-refractivity contribution in [1.82, 2.24) is 4.90 Å². The summed E-state index contributed by atoms with van der Waals surface area (Å²) in [5, 5.41) is 9.75. The van der Waals surface area contributed by atoms with E-state index in [1.807, 2.05) is 39.0 Å². The highest BCUT2D eigenvalue weighted by Crippen LogP contribution is 2.27. The molecule has 5 nitrogen and oxygen atoms in total. The van der Waals surface area contributed by atoms with Gasteiger partial charge in [-0.15, -0.1) is 0 Å². The minimum atomic E-state index is -0.518. The molecule has 0 saturated heterocycles. The largest absolute Gasteiger partial charge is 0.504 e. The number of carbonyl (C=O) groups excluding carboxylic acids is 1. The first-order valence-corrected chi connectivity index (χ1v) is 9.07. The maximum absolute atomic E-state index is 12.1. The van der Waals surface area contributed by atoms with E-state index in [4.69, 9.17) is 9.47 Å². The molecule has 2 rings (SSSR count). The molecule has 0 aliphatic carbocycles. The highest BCUT2D eigenvalue weighted by Gasteiger charge is 2.19. The normalized spacial score (nSPS) is 11.1. The SMILES string of the molecule is CN(Cc1ccc(COc2ccccc2O)c(Br)c1)C(=O)OC(C)(C)C. The summed E-state index contributed by atoms with van der Waals surface area (Å²) in [6, 6.07) is 12.7.